The van der Waals surface area contributed by atoms with Crippen molar-refractivity contribution in [1.82, 2.24) is 71.7 Å². The number of fused-ring (bicyclic) bond motifs is 15. The normalized spacial score (nSPS) is 24.1. The minimum absolute atomic E-state index is 0.0218. The van der Waals surface area contributed by atoms with Gasteiger partial charge < -0.3 is 112 Å². The van der Waals surface area contributed by atoms with Gasteiger partial charge in [-0.05, 0) is 59.4 Å². The number of hydrogen-bond acceptors (Lipinski definition) is 35. The fourth-order valence-electron chi connectivity index (χ4n) is 12.1. The fourth-order valence-corrected chi connectivity index (χ4v) is 16.3. The molecule has 0 aliphatic carbocycles. The molecular formula is C69H75N15O23S5. The molecule has 1 fully saturated rings. The Morgan fingerprint density at radius 3 is 2.17 bits per heavy atom. The Morgan fingerprint density at radius 2 is 1.45 bits per heavy atom. The second-order valence-corrected chi connectivity index (χ2v) is 30.6. The van der Waals surface area contributed by atoms with Crippen molar-refractivity contribution in [2.24, 2.45) is 5.73 Å². The van der Waals surface area contributed by atoms with Crippen LogP contribution in [0, 0.1) is 0 Å². The van der Waals surface area contributed by atoms with Gasteiger partial charge in [-0.25, -0.2) is 39.5 Å². The van der Waals surface area contributed by atoms with Crippen LogP contribution in [0.15, 0.2) is 69.2 Å². The van der Waals surface area contributed by atoms with E-state index in [1.807, 2.05) is 0 Å². The van der Waals surface area contributed by atoms with Crippen LogP contribution in [0.3, 0.4) is 0 Å². The number of nitrogens with one attached hydrogen (secondary N) is 7. The highest BCUT2D eigenvalue weighted by molar-refractivity contribution is 7.14. The van der Waals surface area contributed by atoms with Gasteiger partial charge in [-0.15, -0.1) is 56.7 Å². The number of aliphatic hydroxyl groups is 6. The number of aromatic hydroxyl groups is 1. The first-order chi connectivity index (χ1) is 53.4. The van der Waals surface area contributed by atoms with E-state index in [0.717, 1.165) is 56.7 Å². The van der Waals surface area contributed by atoms with Gasteiger partial charge in [-0.1, -0.05) is 18.7 Å². The third kappa shape index (κ3) is 17.4. The lowest BCUT2D eigenvalue weighted by Gasteiger charge is -2.36. The van der Waals surface area contributed by atoms with Gasteiger partial charge in [0.05, 0.1) is 50.4 Å². The van der Waals surface area contributed by atoms with Gasteiger partial charge in [-0.2, -0.15) is 0 Å². The maximum Gasteiger partial charge on any atom is 0.355 e. The summed E-state index contributed by atoms with van der Waals surface area (Å²) in [4.78, 5) is 162. The van der Waals surface area contributed by atoms with Crippen molar-refractivity contribution in [2.75, 3.05) is 33.9 Å². The summed E-state index contributed by atoms with van der Waals surface area (Å²) in [6.07, 6.45) is -18.3. The number of H-pyrrole nitrogens is 1. The molecule has 0 saturated carbocycles. The molecule has 12 bridgehead atoms. The van der Waals surface area contributed by atoms with E-state index in [4.69, 9.17) is 53.8 Å². The number of carbonyl (C=O) groups excluding carboxylic acids is 9. The number of likely N-dealkylation sites (N-methyl/N-ethyl adjacent to an activating group) is 1. The molecule has 38 nitrogen and oxygen atoms in total. The molecule has 8 aromatic rings. The number of carbonyl (C=O) groups is 9. The first-order valence-electron chi connectivity index (χ1n) is 34.3. The Kier molecular flexibility index (Phi) is 25.1. The van der Waals surface area contributed by atoms with Gasteiger partial charge in [0.1, 0.15) is 144 Å². The van der Waals surface area contributed by atoms with Crippen LogP contribution in [-0.2, 0) is 65.5 Å². The van der Waals surface area contributed by atoms with E-state index in [1.165, 1.54) is 58.8 Å². The van der Waals surface area contributed by atoms with E-state index in [9.17, 15) is 59.7 Å². The predicted octanol–water partition coefficient (Wildman–Crippen LogP) is 1.10. The van der Waals surface area contributed by atoms with Crippen LogP contribution >= 0.6 is 56.7 Å². The zero-order valence-electron chi connectivity index (χ0n) is 60.2. The summed E-state index contributed by atoms with van der Waals surface area (Å²) in [5, 5.41) is 96.7. The number of ether oxygens (including phenoxy) is 7. The summed E-state index contributed by atoms with van der Waals surface area (Å²) >= 11 is 4.40. The van der Waals surface area contributed by atoms with Crippen molar-refractivity contribution in [3.8, 4) is 38.4 Å². The van der Waals surface area contributed by atoms with Crippen molar-refractivity contribution in [2.45, 2.75) is 146 Å². The zero-order chi connectivity index (χ0) is 80.4. The van der Waals surface area contributed by atoms with Gasteiger partial charge >= 0.3 is 11.9 Å². The molecule has 7 aromatic heterocycles. The van der Waals surface area contributed by atoms with Crippen molar-refractivity contribution in [3.05, 3.63) is 124 Å². The number of benzene rings is 1. The lowest BCUT2D eigenvalue weighted by atomic mass is 10.0. The van der Waals surface area contributed by atoms with Crippen LogP contribution in [0.2, 0.25) is 0 Å². The Hall–Kier alpha value is -10.1. The third-order valence-corrected chi connectivity index (χ3v) is 23.1. The minimum atomic E-state index is -2.01. The van der Waals surface area contributed by atoms with Crippen molar-refractivity contribution < 1.29 is 112 Å². The highest BCUT2D eigenvalue weighted by atomic mass is 32.1. The molecule has 43 heteroatoms. The molecule has 1 saturated heterocycles. The number of nitrogens with zero attached hydrogens (tertiary/aromatic N) is 7. The quantitative estimate of drug-likeness (QED) is 0.0388. The maximum atomic E-state index is 15.5. The molecule has 0 spiro atoms. The molecule has 4 aliphatic rings. The lowest BCUT2D eigenvalue weighted by molar-refractivity contribution is -0.236. The van der Waals surface area contributed by atoms with Gasteiger partial charge in [0.15, 0.2) is 18.6 Å². The largest absolute Gasteiger partial charge is 0.506 e. The number of pyridine rings is 1. The average Bonchev–Trinajstić information content (AvgIpc) is 1.67. The van der Waals surface area contributed by atoms with Crippen LogP contribution in [0.5, 0.6) is 5.75 Å². The number of aromatic nitrogens is 7. The molecule has 15 atom stereocenters. The average molecular weight is 1640 g/mol. The number of hydrogen-bond donors (Lipinski definition) is 15. The summed E-state index contributed by atoms with van der Waals surface area (Å²) in [6, 6.07) is 0.655. The van der Waals surface area contributed by atoms with E-state index in [0.29, 0.717) is 16.5 Å². The number of amides is 7. The van der Waals surface area contributed by atoms with E-state index in [-0.39, 0.29) is 99.6 Å². The lowest BCUT2D eigenvalue weighted by Crippen LogP contribution is -2.55. The summed E-state index contributed by atoms with van der Waals surface area (Å²) < 4.78 is 44.8. The highest BCUT2D eigenvalue weighted by Gasteiger charge is 2.47. The topological polar surface area (TPSA) is 554 Å². The number of esters is 2. The van der Waals surface area contributed by atoms with E-state index in [2.05, 4.69) is 58.4 Å². The van der Waals surface area contributed by atoms with Crippen LogP contribution in [0.1, 0.15) is 132 Å². The number of allylic oxidation sites excluding steroid dienone is 1. The first kappa shape index (κ1) is 81.4. The molecule has 112 heavy (non-hydrogen) atoms. The second kappa shape index (κ2) is 34.5. The second-order valence-electron chi connectivity index (χ2n) is 26.2. The minimum Gasteiger partial charge on any atom is -0.506 e. The molecule has 15 unspecified atom stereocenters. The van der Waals surface area contributed by atoms with Gasteiger partial charge in [-0.3, -0.25) is 38.5 Å². The molecule has 1 aromatic carbocycles. The molecule has 0 radical (unpaired) electrons. The number of aliphatic hydroxyl groups excluding tert-OH is 6. The van der Waals surface area contributed by atoms with Crippen molar-refractivity contribution >= 4 is 127 Å². The van der Waals surface area contributed by atoms with E-state index in [1.54, 1.807) is 46.0 Å². The van der Waals surface area contributed by atoms with Gasteiger partial charge in [0.25, 0.3) is 35.4 Å². The highest BCUT2D eigenvalue weighted by Crippen LogP contribution is 2.43. The summed E-state index contributed by atoms with van der Waals surface area (Å²) in [5.74, 6) is -9.15. The number of aromatic amines is 1. The van der Waals surface area contributed by atoms with E-state index < -0.39 is 189 Å². The zero-order valence-corrected chi connectivity index (χ0v) is 64.3. The molecule has 7 amide bonds. The number of thiazole rings is 5. The number of cyclic esters (lactones) is 2. The van der Waals surface area contributed by atoms with Crippen LogP contribution in [0.4, 0.5) is 0 Å². The number of methoxy groups -OCH3 is 1. The Bertz CT molecular complexity index is 5000. The van der Waals surface area contributed by atoms with Crippen LogP contribution in [-0.4, -0.2) is 242 Å². The Balaban J connectivity index is 0.986. The predicted molar refractivity (Wildman–Crippen MR) is 397 cm³/mol. The maximum absolute atomic E-state index is 15.5. The van der Waals surface area contributed by atoms with Gasteiger partial charge in [0.2, 0.25) is 5.91 Å². The Morgan fingerprint density at radius 1 is 0.786 bits per heavy atom. The molecule has 11 heterocycles. The number of primary amides is 1. The summed E-state index contributed by atoms with van der Waals surface area (Å²) in [5.41, 5.74) is 4.17. The Labute approximate surface area is 654 Å². The number of rotatable bonds is 15. The summed E-state index contributed by atoms with van der Waals surface area (Å²) in [6.45, 7) is 7.75. The molecule has 16 N–H and O–H groups in total. The third-order valence-electron chi connectivity index (χ3n) is 18.6. The molecule has 594 valence electrons. The van der Waals surface area contributed by atoms with Crippen molar-refractivity contribution in [1.29, 1.82) is 0 Å². The molecule has 12 rings (SSSR count). The fraction of sp³-hybridized carbons (Fsp3) is 0.406. The SMILES string of the molecule is C=C(NC(=O)c1csc(-c2nc3c(cc2O)-c2nc(cs2)C(=O)NC(C(C)O)C(=O)NC(=C(C)OC)c2nc(cs2)C(=O)NC2c4nc(cs4)C(=O)NC(COC(=O)c4[nH]c5cccc6c5c4COC2C(OC2CC(C)OC(C(=O)NCC(O)C(O)C(O)C(O)CO)N(C)C(C)C(C)O2)C(=O)OC6)c2nc-3cs2)n1)C(N)=O. The smallest absolute Gasteiger partial charge is 0.355 e. The van der Waals surface area contributed by atoms with Crippen LogP contribution in [0.25, 0.3) is 49.3 Å². The monoisotopic (exact) mass is 1640 g/mol. The summed E-state index contributed by atoms with van der Waals surface area (Å²) in [7, 11) is 2.83. The standard InChI is InChI=1S/C69H75N15O23S5/c1-24-12-43(106-28(5)26(3)84(7)67(105-24)61(98)71-14-41(88)51(90)52(91)42(89)15-85)107-54-53-50-66-79-37(22-112-66)57(94)74-34(18-104-68(99)48-32(17-102-53)44-30(16-103-69(54)100)10-9-11-33(44)73-48)63-75-35(19-109-63)47-31(13-40(87)49(80-47)65-78-36(21-111-65)56(93)72-25(2)55(70)92)62-76-38(20-108-62)58(95)81-45(27(4)86)60(97)82-46(29(6)101-8)64-77-39(23-110-64)59(96)83-50/h9-11,13,19-24,26-28,34,41-43,45,50-54,67,73,85-91H,2,12,14-18H2,1,3-8H3,(H2,70,92)(H,71,98)(H,72,93)(H,74,94)(H,81,95)(H,82,97)(H,83,96). The van der Waals surface area contributed by atoms with Crippen LogP contribution < -0.4 is 37.6 Å². The molecular weight excluding hydrogens is 1570 g/mol. The van der Waals surface area contributed by atoms with Crippen molar-refractivity contribution in [3.63, 3.8) is 0 Å². The van der Waals surface area contributed by atoms with E-state index >= 15 is 19.2 Å². The number of nitrogens with two attached hydrogens (primary N) is 1. The molecule has 4 aliphatic heterocycles. The first-order valence-corrected chi connectivity index (χ1v) is 38.7. The van der Waals surface area contributed by atoms with Gasteiger partial charge in [0, 0.05) is 67.9 Å².